The van der Waals surface area contributed by atoms with Crippen molar-refractivity contribution in [2.24, 2.45) is 4.99 Å². The molecule has 1 fully saturated rings. The maximum absolute atomic E-state index is 12.2. The Labute approximate surface area is 202 Å². The van der Waals surface area contributed by atoms with Gasteiger partial charge < -0.3 is 10.6 Å². The predicted molar refractivity (Wildman–Crippen MR) is 134 cm³/mol. The molecular weight excluding hydrogens is 527 g/mol. The number of nitrogens with zero attached hydrogens (tertiary/aromatic N) is 3. The van der Waals surface area contributed by atoms with Gasteiger partial charge in [-0.2, -0.15) is 0 Å². The van der Waals surface area contributed by atoms with Crippen molar-refractivity contribution in [1.29, 1.82) is 0 Å². The van der Waals surface area contributed by atoms with Crippen molar-refractivity contribution in [2.75, 3.05) is 33.2 Å². The fraction of sp³-hybridized carbons (Fsp3) is 0.429. The summed E-state index contributed by atoms with van der Waals surface area (Å²) in [6.07, 6.45) is 4.96. The Kier molecular flexibility index (Phi) is 10.6. The van der Waals surface area contributed by atoms with Crippen LogP contribution in [-0.2, 0) is 16.6 Å². The number of aliphatic imine (C=N–C) groups is 1. The molecule has 8 nitrogen and oxygen atoms in total. The van der Waals surface area contributed by atoms with E-state index in [1.807, 2.05) is 6.07 Å². The lowest BCUT2D eigenvalue weighted by Gasteiger charge is -2.33. The summed E-state index contributed by atoms with van der Waals surface area (Å²) in [5.41, 5.74) is 1.34. The summed E-state index contributed by atoms with van der Waals surface area (Å²) in [6, 6.07) is 14.0. The normalized spacial score (nSPS) is 15.8. The second-order valence-corrected chi connectivity index (χ2v) is 9.03. The molecule has 0 atom stereocenters. The van der Waals surface area contributed by atoms with Gasteiger partial charge in [-0.15, -0.1) is 24.0 Å². The molecule has 3 rings (SSSR count). The van der Waals surface area contributed by atoms with E-state index in [1.54, 1.807) is 19.3 Å². The number of nitrogens with one attached hydrogen (secondary N) is 3. The number of halogens is 1. The number of likely N-dealkylation sites (tertiary alicyclic amines) is 1. The largest absolute Gasteiger partial charge is 0.355 e. The van der Waals surface area contributed by atoms with E-state index in [-0.39, 0.29) is 35.4 Å². The van der Waals surface area contributed by atoms with Crippen LogP contribution in [0.1, 0.15) is 18.4 Å². The molecule has 0 saturated carbocycles. The third-order valence-corrected chi connectivity index (χ3v) is 6.50. The first-order valence-electron chi connectivity index (χ1n) is 10.2. The zero-order valence-corrected chi connectivity index (χ0v) is 20.8. The third-order valence-electron chi connectivity index (χ3n) is 5.06. The van der Waals surface area contributed by atoms with Crippen molar-refractivity contribution in [3.63, 3.8) is 0 Å². The van der Waals surface area contributed by atoms with Crippen molar-refractivity contribution in [2.45, 2.75) is 30.3 Å². The van der Waals surface area contributed by atoms with Crippen LogP contribution in [0.4, 0.5) is 0 Å². The Bertz CT molecular complexity index is 904. The van der Waals surface area contributed by atoms with E-state index in [0.717, 1.165) is 32.5 Å². The van der Waals surface area contributed by atoms with Crippen molar-refractivity contribution >= 4 is 40.0 Å². The van der Waals surface area contributed by atoms with Crippen LogP contribution in [-0.4, -0.2) is 63.5 Å². The van der Waals surface area contributed by atoms with Crippen LogP contribution in [0.2, 0.25) is 0 Å². The van der Waals surface area contributed by atoms with Crippen LogP contribution in [0.15, 0.2) is 64.7 Å². The van der Waals surface area contributed by atoms with Crippen molar-refractivity contribution in [1.82, 2.24) is 25.2 Å². The summed E-state index contributed by atoms with van der Waals surface area (Å²) in [6.45, 7) is 3.75. The highest BCUT2D eigenvalue weighted by molar-refractivity contribution is 14.0. The van der Waals surface area contributed by atoms with Gasteiger partial charge in [0.05, 0.1) is 0 Å². The van der Waals surface area contributed by atoms with E-state index >= 15 is 0 Å². The first kappa shape index (κ1) is 25.5. The second-order valence-electron chi connectivity index (χ2n) is 7.27. The zero-order valence-electron chi connectivity index (χ0n) is 17.7. The first-order chi connectivity index (χ1) is 14.6. The molecule has 3 N–H and O–H groups in total. The lowest BCUT2D eigenvalue weighted by Crippen LogP contribution is -2.49. The van der Waals surface area contributed by atoms with Crippen LogP contribution in [0, 0.1) is 0 Å². The molecule has 0 radical (unpaired) electrons. The summed E-state index contributed by atoms with van der Waals surface area (Å²) in [5, 5.41) is 6.62. The van der Waals surface area contributed by atoms with Gasteiger partial charge in [-0.05, 0) is 30.5 Å². The third kappa shape index (κ3) is 8.36. The zero-order chi connectivity index (χ0) is 21.2. The maximum atomic E-state index is 12.2. The second kappa shape index (κ2) is 12.9. The summed E-state index contributed by atoms with van der Waals surface area (Å²) in [5.74, 6) is 0.692. The lowest BCUT2D eigenvalue weighted by molar-refractivity contribution is 0.198. The molecule has 0 spiro atoms. The monoisotopic (exact) mass is 558 g/mol. The highest BCUT2D eigenvalue weighted by Gasteiger charge is 2.20. The summed E-state index contributed by atoms with van der Waals surface area (Å²) >= 11 is 0. The minimum atomic E-state index is -3.54. The first-order valence-corrected chi connectivity index (χ1v) is 11.7. The van der Waals surface area contributed by atoms with Crippen LogP contribution < -0.4 is 15.4 Å². The Balaban J connectivity index is 0.00000341. The number of hydrogen-bond donors (Lipinski definition) is 3. The average molecular weight is 558 g/mol. The van der Waals surface area contributed by atoms with E-state index < -0.39 is 10.0 Å². The van der Waals surface area contributed by atoms with Crippen molar-refractivity contribution < 1.29 is 8.42 Å². The molecule has 0 amide bonds. The molecular formula is C21H31IN6O2S. The summed E-state index contributed by atoms with van der Waals surface area (Å²) < 4.78 is 27.0. The lowest BCUT2D eigenvalue weighted by atomic mass is 10.0. The van der Waals surface area contributed by atoms with Crippen molar-refractivity contribution in [3.05, 3.63) is 60.4 Å². The van der Waals surface area contributed by atoms with Gasteiger partial charge in [0.25, 0.3) is 0 Å². The van der Waals surface area contributed by atoms with Crippen LogP contribution in [0.3, 0.4) is 0 Å². The Hall–Kier alpha value is -1.76. The molecule has 2 aromatic rings. The number of guanidine groups is 1. The van der Waals surface area contributed by atoms with Gasteiger partial charge >= 0.3 is 0 Å². The predicted octanol–water partition coefficient (Wildman–Crippen LogP) is 1.81. The van der Waals surface area contributed by atoms with Gasteiger partial charge in [-0.3, -0.25) is 14.9 Å². The fourth-order valence-electron chi connectivity index (χ4n) is 3.42. The fourth-order valence-corrected chi connectivity index (χ4v) is 4.42. The van der Waals surface area contributed by atoms with Crippen LogP contribution in [0.25, 0.3) is 0 Å². The van der Waals surface area contributed by atoms with Gasteiger partial charge in [-0.25, -0.2) is 13.1 Å². The van der Waals surface area contributed by atoms with Crippen molar-refractivity contribution in [3.8, 4) is 0 Å². The number of benzene rings is 1. The molecule has 0 aliphatic carbocycles. The van der Waals surface area contributed by atoms with E-state index in [2.05, 4.69) is 54.5 Å². The molecule has 0 bridgehead atoms. The number of hydrogen-bond acceptors (Lipinski definition) is 5. The SMILES string of the molecule is CN=C(NCCNS(=O)(=O)c1cccnc1)NC1CCN(Cc2ccccc2)CC1.I. The molecule has 1 saturated heterocycles. The molecule has 1 aliphatic heterocycles. The molecule has 10 heteroatoms. The minimum absolute atomic E-state index is 0. The van der Waals surface area contributed by atoms with E-state index in [9.17, 15) is 8.42 Å². The van der Waals surface area contributed by atoms with Gasteiger partial charge in [-0.1, -0.05) is 30.3 Å². The maximum Gasteiger partial charge on any atom is 0.242 e. The molecule has 1 aliphatic rings. The molecule has 1 aromatic carbocycles. The standard InChI is InChI=1S/C21H30N6O2S.HI/c1-22-21(24-12-13-25-30(28,29)20-8-5-11-23-16-20)26-19-9-14-27(15-10-19)17-18-6-3-2-4-7-18;/h2-8,11,16,19,25H,9-10,12-15,17H2,1H3,(H2,22,24,26);1H. The molecule has 0 unspecified atom stereocenters. The van der Waals surface area contributed by atoms with Gasteiger partial charge in [0.1, 0.15) is 4.90 Å². The average Bonchev–Trinajstić information content (AvgIpc) is 2.78. The molecule has 2 heterocycles. The number of pyridine rings is 1. The molecule has 1 aromatic heterocycles. The highest BCUT2D eigenvalue weighted by atomic mass is 127. The number of sulfonamides is 1. The Morgan fingerprint density at radius 2 is 1.87 bits per heavy atom. The quantitative estimate of drug-likeness (QED) is 0.198. The van der Waals surface area contributed by atoms with Gasteiger partial charge in [0.15, 0.2) is 5.96 Å². The van der Waals surface area contributed by atoms with E-state index in [0.29, 0.717) is 18.5 Å². The minimum Gasteiger partial charge on any atom is -0.355 e. The summed E-state index contributed by atoms with van der Waals surface area (Å²) in [4.78, 5) is 10.7. The Morgan fingerprint density at radius 1 is 1.13 bits per heavy atom. The topological polar surface area (TPSA) is 98.7 Å². The van der Waals surface area contributed by atoms with E-state index in [4.69, 9.17) is 0 Å². The molecule has 170 valence electrons. The smallest absolute Gasteiger partial charge is 0.242 e. The van der Waals surface area contributed by atoms with Crippen LogP contribution >= 0.6 is 24.0 Å². The number of aromatic nitrogens is 1. The van der Waals surface area contributed by atoms with E-state index in [1.165, 1.54) is 17.8 Å². The number of rotatable bonds is 8. The van der Waals surface area contributed by atoms with Gasteiger partial charge in [0.2, 0.25) is 10.0 Å². The number of piperidine rings is 1. The Morgan fingerprint density at radius 3 is 2.52 bits per heavy atom. The van der Waals surface area contributed by atoms with Gasteiger partial charge in [0, 0.05) is 58.2 Å². The molecule has 31 heavy (non-hydrogen) atoms. The summed E-state index contributed by atoms with van der Waals surface area (Å²) in [7, 11) is -1.82. The van der Waals surface area contributed by atoms with Crippen LogP contribution in [0.5, 0.6) is 0 Å². The highest BCUT2D eigenvalue weighted by Crippen LogP contribution is 2.13.